The fourth-order valence-corrected chi connectivity index (χ4v) is 1.92. The van der Waals surface area contributed by atoms with Gasteiger partial charge in [0.25, 0.3) is 0 Å². The van der Waals surface area contributed by atoms with E-state index in [2.05, 4.69) is 5.32 Å². The van der Waals surface area contributed by atoms with Crippen LogP contribution in [0.15, 0.2) is 18.2 Å². The number of phenols is 1. The van der Waals surface area contributed by atoms with Crippen LogP contribution in [0.2, 0.25) is 0 Å². The van der Waals surface area contributed by atoms with Crippen LogP contribution in [-0.4, -0.2) is 30.0 Å². The predicted molar refractivity (Wildman–Crippen MR) is 56.0 cm³/mol. The molecule has 0 amide bonds. The Kier molecular flexibility index (Phi) is 2.79. The summed E-state index contributed by atoms with van der Waals surface area (Å²) in [6.07, 6.45) is 0.396. The standard InChI is InChI=1S/C11H15NO3/c1-15-10-6-7(2-3-8(10)13)11-9(14)4-5-12-11/h2-3,6,9,11-14H,4-5H2,1H3. The number of aliphatic hydroxyl groups is 1. The van der Waals surface area contributed by atoms with Crippen molar-refractivity contribution < 1.29 is 14.9 Å². The van der Waals surface area contributed by atoms with Crippen molar-refractivity contribution in [1.29, 1.82) is 0 Å². The van der Waals surface area contributed by atoms with Gasteiger partial charge in [0.1, 0.15) is 0 Å². The van der Waals surface area contributed by atoms with E-state index in [0.717, 1.165) is 18.5 Å². The summed E-state index contributed by atoms with van der Waals surface area (Å²) in [6.45, 7) is 0.815. The molecule has 0 saturated carbocycles. The minimum atomic E-state index is -0.362. The second-order valence-electron chi connectivity index (χ2n) is 3.72. The first kappa shape index (κ1) is 10.3. The van der Waals surface area contributed by atoms with E-state index in [9.17, 15) is 10.2 Å². The van der Waals surface area contributed by atoms with Gasteiger partial charge in [-0.2, -0.15) is 0 Å². The van der Waals surface area contributed by atoms with Crippen LogP contribution in [-0.2, 0) is 0 Å². The van der Waals surface area contributed by atoms with Crippen molar-refractivity contribution in [3.63, 3.8) is 0 Å². The molecule has 2 unspecified atom stereocenters. The number of hydrogen-bond acceptors (Lipinski definition) is 4. The van der Waals surface area contributed by atoms with E-state index < -0.39 is 0 Å². The summed E-state index contributed by atoms with van der Waals surface area (Å²) in [5, 5.41) is 22.4. The second kappa shape index (κ2) is 4.08. The Bertz CT molecular complexity index is 354. The molecule has 1 heterocycles. The Labute approximate surface area is 88.5 Å². The Morgan fingerprint density at radius 1 is 1.47 bits per heavy atom. The molecule has 4 nitrogen and oxygen atoms in total. The van der Waals surface area contributed by atoms with Gasteiger partial charge in [0.2, 0.25) is 0 Å². The maximum atomic E-state index is 9.71. The fraction of sp³-hybridized carbons (Fsp3) is 0.455. The molecule has 0 aromatic heterocycles. The SMILES string of the molecule is COc1cc(C2NCCC2O)ccc1O. The molecule has 0 bridgehead atoms. The maximum absolute atomic E-state index is 9.71. The van der Waals surface area contributed by atoms with Crippen LogP contribution < -0.4 is 10.1 Å². The topological polar surface area (TPSA) is 61.7 Å². The lowest BCUT2D eigenvalue weighted by Crippen LogP contribution is -2.20. The van der Waals surface area contributed by atoms with Crippen molar-refractivity contribution in [2.45, 2.75) is 18.6 Å². The van der Waals surface area contributed by atoms with E-state index in [1.165, 1.54) is 7.11 Å². The lowest BCUT2D eigenvalue weighted by atomic mass is 10.0. The van der Waals surface area contributed by atoms with Crippen molar-refractivity contribution >= 4 is 0 Å². The van der Waals surface area contributed by atoms with Crippen LogP contribution in [0, 0.1) is 0 Å². The number of rotatable bonds is 2. The van der Waals surface area contributed by atoms with Gasteiger partial charge in [-0.15, -0.1) is 0 Å². The summed E-state index contributed by atoms with van der Waals surface area (Å²) >= 11 is 0. The van der Waals surface area contributed by atoms with Crippen LogP contribution in [0.25, 0.3) is 0 Å². The summed E-state index contributed by atoms with van der Waals surface area (Å²) in [7, 11) is 1.51. The summed E-state index contributed by atoms with van der Waals surface area (Å²) in [4.78, 5) is 0. The van der Waals surface area contributed by atoms with Gasteiger partial charge >= 0.3 is 0 Å². The maximum Gasteiger partial charge on any atom is 0.160 e. The monoisotopic (exact) mass is 209 g/mol. The molecule has 0 aliphatic carbocycles. The molecular weight excluding hydrogens is 194 g/mol. The Balaban J connectivity index is 2.28. The zero-order valence-corrected chi connectivity index (χ0v) is 8.60. The zero-order chi connectivity index (χ0) is 10.8. The average Bonchev–Trinajstić information content (AvgIpc) is 2.65. The molecule has 1 saturated heterocycles. The van der Waals surface area contributed by atoms with E-state index in [1.807, 2.05) is 0 Å². The lowest BCUT2D eigenvalue weighted by molar-refractivity contribution is 0.160. The summed E-state index contributed by atoms with van der Waals surface area (Å²) < 4.78 is 5.02. The minimum absolute atomic E-state index is 0.0560. The molecule has 1 aromatic rings. The molecule has 3 N–H and O–H groups in total. The number of benzene rings is 1. The van der Waals surface area contributed by atoms with Crippen LogP contribution in [0.3, 0.4) is 0 Å². The van der Waals surface area contributed by atoms with Crippen LogP contribution >= 0.6 is 0 Å². The predicted octanol–water partition coefficient (Wildman–Crippen LogP) is 0.796. The van der Waals surface area contributed by atoms with Gasteiger partial charge in [-0.1, -0.05) is 6.07 Å². The van der Waals surface area contributed by atoms with Crippen molar-refractivity contribution in [3.05, 3.63) is 23.8 Å². The average molecular weight is 209 g/mol. The smallest absolute Gasteiger partial charge is 0.160 e. The number of methoxy groups -OCH3 is 1. The number of ether oxygens (including phenoxy) is 1. The highest BCUT2D eigenvalue weighted by atomic mass is 16.5. The third-order valence-electron chi connectivity index (χ3n) is 2.75. The quantitative estimate of drug-likeness (QED) is 0.674. The van der Waals surface area contributed by atoms with Crippen LogP contribution in [0.4, 0.5) is 0 Å². The minimum Gasteiger partial charge on any atom is -0.504 e. The van der Waals surface area contributed by atoms with Gasteiger partial charge in [-0.3, -0.25) is 0 Å². The van der Waals surface area contributed by atoms with E-state index >= 15 is 0 Å². The first-order chi connectivity index (χ1) is 7.22. The number of aromatic hydroxyl groups is 1. The van der Waals surface area contributed by atoms with Crippen LogP contribution in [0.1, 0.15) is 18.0 Å². The van der Waals surface area contributed by atoms with E-state index in [4.69, 9.17) is 4.74 Å². The van der Waals surface area contributed by atoms with E-state index in [1.54, 1.807) is 18.2 Å². The second-order valence-corrected chi connectivity index (χ2v) is 3.72. The van der Waals surface area contributed by atoms with Crippen molar-refractivity contribution in [2.24, 2.45) is 0 Å². The van der Waals surface area contributed by atoms with Gasteiger partial charge in [0.15, 0.2) is 11.5 Å². The first-order valence-corrected chi connectivity index (χ1v) is 5.00. The molecule has 4 heteroatoms. The van der Waals surface area contributed by atoms with Crippen LogP contribution in [0.5, 0.6) is 11.5 Å². The molecule has 2 atom stereocenters. The molecule has 1 aliphatic heterocycles. The Hall–Kier alpha value is -1.26. The normalized spacial score (nSPS) is 25.5. The highest BCUT2D eigenvalue weighted by Crippen LogP contribution is 2.31. The molecule has 1 aromatic carbocycles. The highest BCUT2D eigenvalue weighted by Gasteiger charge is 2.26. The van der Waals surface area contributed by atoms with Gasteiger partial charge in [0, 0.05) is 0 Å². The largest absolute Gasteiger partial charge is 0.504 e. The van der Waals surface area contributed by atoms with Crippen molar-refractivity contribution in [1.82, 2.24) is 5.32 Å². The van der Waals surface area contributed by atoms with Crippen molar-refractivity contribution in [3.8, 4) is 11.5 Å². The zero-order valence-electron chi connectivity index (χ0n) is 8.60. The third-order valence-corrected chi connectivity index (χ3v) is 2.75. The Morgan fingerprint density at radius 2 is 2.27 bits per heavy atom. The van der Waals surface area contributed by atoms with Gasteiger partial charge in [0.05, 0.1) is 19.3 Å². The highest BCUT2D eigenvalue weighted by molar-refractivity contribution is 5.43. The molecule has 15 heavy (non-hydrogen) atoms. The number of aliphatic hydroxyl groups excluding tert-OH is 1. The first-order valence-electron chi connectivity index (χ1n) is 5.00. The summed E-state index contributed by atoms with van der Waals surface area (Å²) in [6, 6.07) is 5.08. The van der Waals surface area contributed by atoms with Gasteiger partial charge in [-0.05, 0) is 30.7 Å². The third kappa shape index (κ3) is 1.91. The summed E-state index contributed by atoms with van der Waals surface area (Å²) in [5.74, 6) is 0.558. The number of nitrogens with one attached hydrogen (secondary N) is 1. The molecule has 1 fully saturated rings. The molecule has 0 spiro atoms. The fourth-order valence-electron chi connectivity index (χ4n) is 1.92. The molecule has 1 aliphatic rings. The molecule has 82 valence electrons. The summed E-state index contributed by atoms with van der Waals surface area (Å²) in [5.41, 5.74) is 0.939. The lowest BCUT2D eigenvalue weighted by Gasteiger charge is -2.16. The molecule has 0 radical (unpaired) electrons. The van der Waals surface area contributed by atoms with Gasteiger partial charge < -0.3 is 20.3 Å². The molecular formula is C11H15NO3. The van der Waals surface area contributed by atoms with Gasteiger partial charge in [-0.25, -0.2) is 0 Å². The number of phenolic OH excluding ortho intramolecular Hbond substituents is 1. The number of hydrogen-bond donors (Lipinski definition) is 3. The molecule has 2 rings (SSSR count). The van der Waals surface area contributed by atoms with E-state index in [0.29, 0.717) is 5.75 Å². The van der Waals surface area contributed by atoms with E-state index in [-0.39, 0.29) is 17.9 Å². The Morgan fingerprint density at radius 3 is 2.87 bits per heavy atom. The van der Waals surface area contributed by atoms with Crippen molar-refractivity contribution in [2.75, 3.05) is 13.7 Å².